The van der Waals surface area contributed by atoms with Crippen molar-refractivity contribution < 1.29 is 28.5 Å². The van der Waals surface area contributed by atoms with Crippen LogP contribution < -0.4 is 0 Å². The highest BCUT2D eigenvalue weighted by Crippen LogP contribution is 2.38. The molecule has 0 aromatic carbocycles. The number of ether oxygens (including phenoxy) is 4. The molecule has 0 aromatic heterocycles. The lowest BCUT2D eigenvalue weighted by Crippen LogP contribution is -2.25. The van der Waals surface area contributed by atoms with Gasteiger partial charge in [0.25, 0.3) is 0 Å². The first-order valence-corrected chi connectivity index (χ1v) is 9.37. The first-order valence-electron chi connectivity index (χ1n) is 9.37. The Hall–Kier alpha value is -1.14. The number of esters is 2. The first-order chi connectivity index (χ1) is 11.7. The lowest BCUT2D eigenvalue weighted by molar-refractivity contribution is -0.152. The molecule has 6 atom stereocenters. The van der Waals surface area contributed by atoms with Gasteiger partial charge >= 0.3 is 11.9 Å². The van der Waals surface area contributed by atoms with E-state index in [-0.39, 0.29) is 24.1 Å². The van der Waals surface area contributed by atoms with Crippen LogP contribution in [0.2, 0.25) is 0 Å². The van der Waals surface area contributed by atoms with Gasteiger partial charge in [0.05, 0.1) is 24.4 Å². The SMILES string of the molecule is O=C(CCCCC(=O)OC1CC[C@@H]2OC2C1)OC1CCC2OC2C1. The summed E-state index contributed by atoms with van der Waals surface area (Å²) in [5, 5.41) is 0. The Labute approximate surface area is 142 Å². The average Bonchev–Trinajstić information content (AvgIpc) is 3.44. The summed E-state index contributed by atoms with van der Waals surface area (Å²) in [6.45, 7) is 0. The molecule has 0 amide bonds. The Morgan fingerprint density at radius 3 is 1.58 bits per heavy atom. The fourth-order valence-electron chi connectivity index (χ4n) is 3.98. The molecule has 2 heterocycles. The van der Waals surface area contributed by atoms with Crippen LogP contribution in [0.25, 0.3) is 0 Å². The van der Waals surface area contributed by atoms with E-state index in [1.54, 1.807) is 0 Å². The van der Waals surface area contributed by atoms with Crippen LogP contribution in [0, 0.1) is 0 Å². The van der Waals surface area contributed by atoms with Gasteiger partial charge in [0.15, 0.2) is 0 Å². The summed E-state index contributed by atoms with van der Waals surface area (Å²) >= 11 is 0. The van der Waals surface area contributed by atoms with Gasteiger partial charge < -0.3 is 18.9 Å². The molecule has 134 valence electrons. The minimum atomic E-state index is -0.156. The molecule has 6 nitrogen and oxygen atoms in total. The quantitative estimate of drug-likeness (QED) is 0.403. The van der Waals surface area contributed by atoms with Crippen LogP contribution in [-0.2, 0) is 28.5 Å². The van der Waals surface area contributed by atoms with Gasteiger partial charge in [-0.15, -0.1) is 0 Å². The molecule has 2 saturated heterocycles. The van der Waals surface area contributed by atoms with E-state index in [1.165, 1.54) is 0 Å². The average molecular weight is 338 g/mol. The van der Waals surface area contributed by atoms with Gasteiger partial charge in [-0.2, -0.15) is 0 Å². The van der Waals surface area contributed by atoms with Crippen LogP contribution in [0.4, 0.5) is 0 Å². The number of hydrogen-bond acceptors (Lipinski definition) is 6. The Kier molecular flexibility index (Phi) is 4.77. The topological polar surface area (TPSA) is 77.7 Å². The normalized spacial score (nSPS) is 39.3. The second kappa shape index (κ2) is 7.00. The van der Waals surface area contributed by atoms with Crippen LogP contribution in [-0.4, -0.2) is 48.6 Å². The maximum Gasteiger partial charge on any atom is 0.306 e. The van der Waals surface area contributed by atoms with E-state index in [9.17, 15) is 9.59 Å². The van der Waals surface area contributed by atoms with Crippen LogP contribution >= 0.6 is 0 Å². The van der Waals surface area contributed by atoms with Gasteiger partial charge in [0, 0.05) is 25.7 Å². The van der Waals surface area contributed by atoms with Crippen molar-refractivity contribution in [1.29, 1.82) is 0 Å². The third kappa shape index (κ3) is 4.28. The highest BCUT2D eigenvalue weighted by Gasteiger charge is 2.45. The van der Waals surface area contributed by atoms with Gasteiger partial charge in [-0.3, -0.25) is 9.59 Å². The molecule has 0 radical (unpaired) electrons. The van der Waals surface area contributed by atoms with Gasteiger partial charge in [-0.05, 0) is 38.5 Å². The van der Waals surface area contributed by atoms with Gasteiger partial charge in [-0.25, -0.2) is 0 Å². The third-order valence-corrected chi connectivity index (χ3v) is 5.52. The van der Waals surface area contributed by atoms with E-state index >= 15 is 0 Å². The lowest BCUT2D eigenvalue weighted by Gasteiger charge is -2.20. The molecule has 5 unspecified atom stereocenters. The zero-order valence-electron chi connectivity index (χ0n) is 14.0. The second-order valence-corrected chi connectivity index (χ2v) is 7.48. The molecule has 0 aromatic rings. The maximum absolute atomic E-state index is 11.8. The number of hydrogen-bond donors (Lipinski definition) is 0. The number of rotatable bonds is 7. The van der Waals surface area contributed by atoms with Crippen LogP contribution in [0.15, 0.2) is 0 Å². The molecule has 2 saturated carbocycles. The van der Waals surface area contributed by atoms with Crippen LogP contribution in [0.5, 0.6) is 0 Å². The van der Waals surface area contributed by atoms with Gasteiger partial charge in [0.2, 0.25) is 0 Å². The largest absolute Gasteiger partial charge is 0.462 e. The van der Waals surface area contributed by atoms with Crippen molar-refractivity contribution in [2.24, 2.45) is 0 Å². The van der Waals surface area contributed by atoms with E-state index in [2.05, 4.69) is 0 Å². The lowest BCUT2D eigenvalue weighted by atomic mass is 9.98. The number of fused-ring (bicyclic) bond motifs is 2. The number of unbranched alkanes of at least 4 members (excludes halogenated alkanes) is 1. The molecular formula is C18H26O6. The molecular weight excluding hydrogens is 312 g/mol. The summed E-state index contributed by atoms with van der Waals surface area (Å²) in [6.07, 6.45) is 9.12. The smallest absolute Gasteiger partial charge is 0.306 e. The predicted molar refractivity (Wildman–Crippen MR) is 83.3 cm³/mol. The van der Waals surface area contributed by atoms with Crippen molar-refractivity contribution >= 4 is 11.9 Å². The standard InChI is InChI=1S/C18H26O6/c19-17(21-11-5-7-13-15(9-11)23-13)3-1-2-4-18(20)22-12-6-8-14-16(10-12)24-14/h11-16H,1-10H2/t11?,12?,13-,14?,15?,16?/m0/s1. The summed E-state index contributed by atoms with van der Waals surface area (Å²) in [5.41, 5.74) is 0. The minimum absolute atomic E-state index is 0.0194. The van der Waals surface area contributed by atoms with Crippen LogP contribution in [0.1, 0.15) is 64.2 Å². The predicted octanol–water partition coefficient (Wildman–Crippen LogP) is 2.27. The van der Waals surface area contributed by atoms with Crippen LogP contribution in [0.3, 0.4) is 0 Å². The summed E-state index contributed by atoms with van der Waals surface area (Å²) in [7, 11) is 0. The Morgan fingerprint density at radius 2 is 1.17 bits per heavy atom. The van der Waals surface area contributed by atoms with Gasteiger partial charge in [0.1, 0.15) is 12.2 Å². The third-order valence-electron chi connectivity index (χ3n) is 5.52. The highest BCUT2D eigenvalue weighted by atomic mass is 16.6. The molecule has 0 N–H and O–H groups in total. The van der Waals surface area contributed by atoms with E-state index < -0.39 is 0 Å². The zero-order chi connectivity index (χ0) is 16.5. The Balaban J connectivity index is 1.04. The minimum Gasteiger partial charge on any atom is -0.462 e. The van der Waals surface area contributed by atoms with Crippen molar-refractivity contribution in [3.63, 3.8) is 0 Å². The summed E-state index contributed by atoms with van der Waals surface area (Å²) < 4.78 is 21.8. The number of carbonyl (C=O) groups is 2. The molecule has 4 aliphatic rings. The summed E-state index contributed by atoms with van der Waals surface area (Å²) in [4.78, 5) is 23.7. The first kappa shape index (κ1) is 16.3. The second-order valence-electron chi connectivity index (χ2n) is 7.48. The van der Waals surface area contributed by atoms with E-state index in [0.29, 0.717) is 50.1 Å². The fraction of sp³-hybridized carbons (Fsp3) is 0.889. The molecule has 0 spiro atoms. The summed E-state index contributed by atoms with van der Waals surface area (Å²) in [6, 6.07) is 0. The molecule has 0 bridgehead atoms. The fourth-order valence-corrected chi connectivity index (χ4v) is 3.98. The number of carbonyl (C=O) groups excluding carboxylic acids is 2. The molecule has 2 aliphatic heterocycles. The van der Waals surface area contributed by atoms with E-state index in [4.69, 9.17) is 18.9 Å². The van der Waals surface area contributed by atoms with E-state index in [0.717, 1.165) is 38.5 Å². The number of epoxide rings is 2. The molecule has 24 heavy (non-hydrogen) atoms. The molecule has 4 rings (SSSR count). The van der Waals surface area contributed by atoms with Gasteiger partial charge in [-0.1, -0.05) is 0 Å². The van der Waals surface area contributed by atoms with Crippen molar-refractivity contribution in [1.82, 2.24) is 0 Å². The van der Waals surface area contributed by atoms with Crippen molar-refractivity contribution in [2.45, 2.75) is 101 Å². The Morgan fingerprint density at radius 1 is 0.708 bits per heavy atom. The molecule has 4 fully saturated rings. The molecule has 2 aliphatic carbocycles. The Bertz CT molecular complexity index is 448. The highest BCUT2D eigenvalue weighted by molar-refractivity contribution is 5.70. The zero-order valence-corrected chi connectivity index (χ0v) is 14.0. The summed E-state index contributed by atoms with van der Waals surface area (Å²) in [5.74, 6) is -0.312. The van der Waals surface area contributed by atoms with E-state index in [1.807, 2.05) is 0 Å². The molecule has 6 heteroatoms. The van der Waals surface area contributed by atoms with Crippen molar-refractivity contribution in [3.8, 4) is 0 Å². The van der Waals surface area contributed by atoms with Crippen molar-refractivity contribution in [3.05, 3.63) is 0 Å². The maximum atomic E-state index is 11.8. The monoisotopic (exact) mass is 338 g/mol. The van der Waals surface area contributed by atoms with Crippen molar-refractivity contribution in [2.75, 3.05) is 0 Å².